The SMILES string of the molecule is COC(=O)[C@H]1O[C@@H](O[C@H]2CC[C@]3(C)[C@H]4CC=C5[C@H]6[C@](C(=O)O[C@@H]7O[C@H](CO)[C@@H](O)[C@H](O)[C@H]7O)(CC[C@@H](C)[C@@]6(C)O)CC[C@@]5(C)[C@]4(C)CC[C@H]3C2(C)C)[C@H](O)[C@@H](O)[C@@H]1O. The highest BCUT2D eigenvalue weighted by Crippen LogP contribution is 2.76. The van der Waals surface area contributed by atoms with E-state index in [0.29, 0.717) is 32.1 Å². The zero-order valence-electron chi connectivity index (χ0n) is 35.2. The summed E-state index contributed by atoms with van der Waals surface area (Å²) in [6.07, 6.45) is -7.82. The number of methoxy groups -OCH3 is 1. The van der Waals surface area contributed by atoms with E-state index in [1.165, 1.54) is 0 Å². The molecule has 8 N–H and O–H groups in total. The first-order chi connectivity index (χ1) is 27.0. The molecule has 7 rings (SSSR count). The summed E-state index contributed by atoms with van der Waals surface area (Å²) in [5, 5.41) is 85.9. The lowest BCUT2D eigenvalue weighted by Crippen LogP contribution is -2.68. The van der Waals surface area contributed by atoms with Gasteiger partial charge in [0.05, 0.1) is 30.8 Å². The Balaban J connectivity index is 1.17. The van der Waals surface area contributed by atoms with Crippen molar-refractivity contribution in [2.24, 2.45) is 50.7 Å². The topological polar surface area (TPSA) is 242 Å². The van der Waals surface area contributed by atoms with Crippen LogP contribution in [0.15, 0.2) is 11.6 Å². The summed E-state index contributed by atoms with van der Waals surface area (Å²) in [5.41, 5.74) is -2.59. The molecular formula is C43H68O15. The molecule has 0 spiro atoms. The fourth-order valence-electron chi connectivity index (χ4n) is 13.9. The molecule has 4 saturated carbocycles. The molecule has 15 heteroatoms. The molecule has 58 heavy (non-hydrogen) atoms. The average molecular weight is 825 g/mol. The van der Waals surface area contributed by atoms with Crippen LogP contribution in [0.2, 0.25) is 0 Å². The minimum atomic E-state index is -1.74. The highest BCUT2D eigenvalue weighted by Gasteiger charge is 2.72. The van der Waals surface area contributed by atoms with Crippen molar-refractivity contribution in [3.8, 4) is 0 Å². The van der Waals surface area contributed by atoms with E-state index in [-0.39, 0.29) is 28.6 Å². The van der Waals surface area contributed by atoms with Gasteiger partial charge in [-0.2, -0.15) is 0 Å². The molecule has 15 nitrogen and oxygen atoms in total. The normalized spacial score (nSPS) is 53.8. The van der Waals surface area contributed by atoms with E-state index >= 15 is 0 Å². The van der Waals surface area contributed by atoms with Gasteiger partial charge in [-0.25, -0.2) is 4.79 Å². The highest BCUT2D eigenvalue weighted by atomic mass is 16.7. The molecule has 20 atom stereocenters. The Morgan fingerprint density at radius 1 is 0.776 bits per heavy atom. The molecule has 5 aliphatic carbocycles. The first-order valence-electron chi connectivity index (χ1n) is 21.4. The third-order valence-electron chi connectivity index (χ3n) is 17.8. The van der Waals surface area contributed by atoms with Crippen LogP contribution in [-0.4, -0.2) is 140 Å². The highest BCUT2D eigenvalue weighted by molar-refractivity contribution is 5.79. The summed E-state index contributed by atoms with van der Waals surface area (Å²) < 4.78 is 28.5. The number of carbonyl (C=O) groups excluding carboxylic acids is 2. The number of aliphatic hydroxyl groups excluding tert-OH is 7. The standard InChI is InChI=1S/C43H68O15/c1-20-11-16-43(37(52)58-35-30(49)27(46)26(45)22(19-44)55-35)18-17-40(5)21(33(43)42(20,7)53)9-10-24-39(4)14-13-25(38(2,3)23(39)12-15-41(24,40)6)56-36-31(50)28(47)29(48)32(57-36)34(51)54-8/h9,20,22-33,35-36,44-50,53H,10-19H2,1-8H3/t20-,22-,23+,24-,25+,26-,27+,28+,29+,30-,31-,32+,33-,35+,36-,39+,40-,41-,42-,43+/m1/s1. The van der Waals surface area contributed by atoms with Gasteiger partial charge >= 0.3 is 11.9 Å². The average Bonchev–Trinajstić information content (AvgIpc) is 3.17. The number of hydrogen-bond acceptors (Lipinski definition) is 15. The number of esters is 2. The van der Waals surface area contributed by atoms with Gasteiger partial charge in [0.15, 0.2) is 12.4 Å². The van der Waals surface area contributed by atoms with Crippen molar-refractivity contribution in [1.29, 1.82) is 0 Å². The van der Waals surface area contributed by atoms with Crippen molar-refractivity contribution in [1.82, 2.24) is 0 Å². The molecule has 2 heterocycles. The van der Waals surface area contributed by atoms with Gasteiger partial charge in [-0.15, -0.1) is 0 Å². The van der Waals surface area contributed by atoms with E-state index in [9.17, 15) is 50.4 Å². The van der Waals surface area contributed by atoms with E-state index in [2.05, 4.69) is 40.7 Å². The van der Waals surface area contributed by atoms with Gasteiger partial charge in [0.1, 0.15) is 42.7 Å². The third-order valence-corrected chi connectivity index (χ3v) is 17.8. The molecule has 2 saturated heterocycles. The first kappa shape index (κ1) is 44.3. The van der Waals surface area contributed by atoms with Gasteiger partial charge in [-0.1, -0.05) is 53.2 Å². The van der Waals surface area contributed by atoms with Gasteiger partial charge in [-0.3, -0.25) is 4.79 Å². The molecule has 6 fully saturated rings. The van der Waals surface area contributed by atoms with Gasteiger partial charge in [0, 0.05) is 5.92 Å². The summed E-state index contributed by atoms with van der Waals surface area (Å²) in [6.45, 7) is 14.6. The van der Waals surface area contributed by atoms with E-state index in [1.54, 1.807) is 0 Å². The lowest BCUT2D eigenvalue weighted by atomic mass is 9.33. The fourth-order valence-corrected chi connectivity index (χ4v) is 13.9. The number of rotatable bonds is 6. The Kier molecular flexibility index (Phi) is 11.4. The van der Waals surface area contributed by atoms with Crippen LogP contribution in [0, 0.1) is 50.7 Å². The van der Waals surface area contributed by atoms with Crippen molar-refractivity contribution < 1.29 is 74.1 Å². The molecule has 330 valence electrons. The second-order valence-electron chi connectivity index (χ2n) is 20.6. The maximum atomic E-state index is 14.6. The van der Waals surface area contributed by atoms with Crippen LogP contribution in [0.5, 0.6) is 0 Å². The van der Waals surface area contributed by atoms with Gasteiger partial charge < -0.3 is 64.5 Å². The van der Waals surface area contributed by atoms with Crippen LogP contribution in [0.1, 0.15) is 106 Å². The monoisotopic (exact) mass is 824 g/mol. The van der Waals surface area contributed by atoms with E-state index in [0.717, 1.165) is 38.4 Å². The lowest BCUT2D eigenvalue weighted by Gasteiger charge is -2.72. The summed E-state index contributed by atoms with van der Waals surface area (Å²) in [7, 11) is 1.15. The van der Waals surface area contributed by atoms with Crippen molar-refractivity contribution >= 4 is 11.9 Å². The molecule has 0 radical (unpaired) electrons. The van der Waals surface area contributed by atoms with Crippen LogP contribution in [0.4, 0.5) is 0 Å². The smallest absolute Gasteiger partial charge is 0.337 e. The first-order valence-corrected chi connectivity index (χ1v) is 21.4. The number of fused-ring (bicyclic) bond motifs is 7. The van der Waals surface area contributed by atoms with Gasteiger partial charge in [-0.05, 0) is 104 Å². The lowest BCUT2D eigenvalue weighted by molar-refractivity contribution is -0.324. The van der Waals surface area contributed by atoms with E-state index < -0.39 is 114 Å². The molecule has 0 aromatic rings. The maximum absolute atomic E-state index is 14.6. The number of aliphatic hydroxyl groups is 8. The molecule has 7 aliphatic rings. The molecule has 0 aromatic heterocycles. The predicted molar refractivity (Wildman–Crippen MR) is 204 cm³/mol. The summed E-state index contributed by atoms with van der Waals surface area (Å²) in [5.74, 6) is -1.84. The number of carbonyl (C=O) groups is 2. The van der Waals surface area contributed by atoms with Crippen molar-refractivity contribution in [3.05, 3.63) is 11.6 Å². The van der Waals surface area contributed by atoms with E-state index in [4.69, 9.17) is 23.7 Å². The molecule has 0 unspecified atom stereocenters. The summed E-state index contributed by atoms with van der Waals surface area (Å²) >= 11 is 0. The predicted octanol–water partition coefficient (Wildman–Crippen LogP) is 1.47. The Bertz CT molecular complexity index is 1610. The maximum Gasteiger partial charge on any atom is 0.337 e. The Morgan fingerprint density at radius 3 is 2.09 bits per heavy atom. The third kappa shape index (κ3) is 6.22. The largest absolute Gasteiger partial charge is 0.467 e. The van der Waals surface area contributed by atoms with Crippen molar-refractivity contribution in [3.63, 3.8) is 0 Å². The quantitative estimate of drug-likeness (QED) is 0.108. The Labute approximate surface area is 341 Å². The van der Waals surface area contributed by atoms with Crippen LogP contribution in [-0.2, 0) is 33.3 Å². The second-order valence-corrected chi connectivity index (χ2v) is 20.6. The van der Waals surface area contributed by atoms with Gasteiger partial charge in [0.25, 0.3) is 0 Å². The number of ether oxygens (including phenoxy) is 5. The van der Waals surface area contributed by atoms with Crippen LogP contribution < -0.4 is 0 Å². The Hall–Kier alpha value is -1.76. The van der Waals surface area contributed by atoms with Crippen LogP contribution in [0.25, 0.3) is 0 Å². The second kappa shape index (κ2) is 15.0. The Morgan fingerprint density at radius 2 is 1.43 bits per heavy atom. The van der Waals surface area contributed by atoms with Crippen molar-refractivity contribution in [2.45, 2.75) is 179 Å². The van der Waals surface area contributed by atoms with E-state index in [1.807, 2.05) is 13.8 Å². The summed E-state index contributed by atoms with van der Waals surface area (Å²) in [4.78, 5) is 27.0. The molecule has 0 aromatic carbocycles. The van der Waals surface area contributed by atoms with Crippen LogP contribution >= 0.6 is 0 Å². The zero-order chi connectivity index (χ0) is 42.7. The number of allylic oxidation sites excluding steroid dienone is 1. The van der Waals surface area contributed by atoms with Crippen LogP contribution in [0.3, 0.4) is 0 Å². The zero-order valence-corrected chi connectivity index (χ0v) is 35.2. The minimum Gasteiger partial charge on any atom is -0.467 e. The fraction of sp³-hybridized carbons (Fsp3) is 0.907. The molecular weight excluding hydrogens is 756 g/mol. The number of hydrogen-bond donors (Lipinski definition) is 8. The van der Waals surface area contributed by atoms with Gasteiger partial charge in [0.2, 0.25) is 6.29 Å². The van der Waals surface area contributed by atoms with Crippen molar-refractivity contribution in [2.75, 3.05) is 13.7 Å². The molecule has 0 bridgehead atoms. The minimum absolute atomic E-state index is 0.136. The molecule has 2 aliphatic heterocycles. The molecule has 0 amide bonds. The summed E-state index contributed by atoms with van der Waals surface area (Å²) in [6, 6.07) is 0.